The van der Waals surface area contributed by atoms with Gasteiger partial charge in [0.15, 0.2) is 0 Å². The van der Waals surface area contributed by atoms with Crippen LogP contribution in [0.2, 0.25) is 0 Å². The lowest BCUT2D eigenvalue weighted by atomic mass is 10.0. The van der Waals surface area contributed by atoms with Gasteiger partial charge in [0.05, 0.1) is 6.04 Å². The average molecular weight is 215 g/mol. The minimum Gasteiger partial charge on any atom is -0.355 e. The van der Waals surface area contributed by atoms with Gasteiger partial charge in [0.2, 0.25) is 11.8 Å². The first-order valence-electron chi connectivity index (χ1n) is 5.23. The van der Waals surface area contributed by atoms with Gasteiger partial charge in [-0.1, -0.05) is 13.8 Å². The van der Waals surface area contributed by atoms with E-state index in [4.69, 9.17) is 5.73 Å². The number of hydrogen-bond donors (Lipinski definition) is 3. The Labute approximate surface area is 90.8 Å². The van der Waals surface area contributed by atoms with Gasteiger partial charge in [0.25, 0.3) is 0 Å². The average Bonchev–Trinajstić information content (AvgIpc) is 2.16. The van der Waals surface area contributed by atoms with E-state index in [1.165, 1.54) is 0 Å². The molecule has 5 nitrogen and oxygen atoms in total. The number of carbonyl (C=O) groups is 2. The maximum absolute atomic E-state index is 11.5. The summed E-state index contributed by atoms with van der Waals surface area (Å²) >= 11 is 0. The van der Waals surface area contributed by atoms with Crippen LogP contribution in [0.1, 0.15) is 27.7 Å². The van der Waals surface area contributed by atoms with Crippen LogP contribution in [-0.2, 0) is 9.59 Å². The Hall–Kier alpha value is -1.10. The number of nitrogens with one attached hydrogen (secondary N) is 2. The van der Waals surface area contributed by atoms with Crippen molar-refractivity contribution in [3.8, 4) is 0 Å². The third-order valence-corrected chi connectivity index (χ3v) is 2.12. The quantitative estimate of drug-likeness (QED) is 0.584. The van der Waals surface area contributed by atoms with Crippen molar-refractivity contribution in [3.05, 3.63) is 0 Å². The number of amides is 2. The molecule has 88 valence electrons. The van der Waals surface area contributed by atoms with E-state index in [1.807, 2.05) is 20.8 Å². The fourth-order valence-electron chi connectivity index (χ4n) is 1.01. The third kappa shape index (κ3) is 4.78. The highest BCUT2D eigenvalue weighted by atomic mass is 16.2. The van der Waals surface area contributed by atoms with E-state index in [9.17, 15) is 9.59 Å². The normalized spacial score (nSPS) is 14.5. The van der Waals surface area contributed by atoms with Crippen LogP contribution in [0.5, 0.6) is 0 Å². The van der Waals surface area contributed by atoms with E-state index >= 15 is 0 Å². The third-order valence-electron chi connectivity index (χ3n) is 2.12. The Morgan fingerprint density at radius 2 is 1.73 bits per heavy atom. The van der Waals surface area contributed by atoms with Crippen molar-refractivity contribution < 1.29 is 9.59 Å². The Bertz CT molecular complexity index is 229. The van der Waals surface area contributed by atoms with Gasteiger partial charge in [-0.25, -0.2) is 0 Å². The van der Waals surface area contributed by atoms with E-state index < -0.39 is 12.1 Å². The molecule has 2 atom stereocenters. The second-order valence-corrected chi connectivity index (χ2v) is 3.89. The molecule has 0 aliphatic heterocycles. The predicted molar refractivity (Wildman–Crippen MR) is 59.1 cm³/mol. The minimum atomic E-state index is -0.568. The number of nitrogens with two attached hydrogens (primary N) is 1. The number of rotatable bonds is 5. The summed E-state index contributed by atoms with van der Waals surface area (Å²) in [6.45, 7) is 7.74. The first kappa shape index (κ1) is 13.9. The molecule has 0 aromatic rings. The lowest BCUT2D eigenvalue weighted by Gasteiger charge is -2.19. The molecule has 0 aromatic carbocycles. The second-order valence-electron chi connectivity index (χ2n) is 3.89. The highest BCUT2D eigenvalue weighted by molar-refractivity contribution is 5.89. The summed E-state index contributed by atoms with van der Waals surface area (Å²) in [4.78, 5) is 22.8. The summed E-state index contributed by atoms with van der Waals surface area (Å²) in [7, 11) is 0. The van der Waals surface area contributed by atoms with Gasteiger partial charge in [0.1, 0.15) is 6.04 Å². The van der Waals surface area contributed by atoms with Crippen LogP contribution in [0.4, 0.5) is 0 Å². The van der Waals surface area contributed by atoms with Crippen LogP contribution in [0.25, 0.3) is 0 Å². The lowest BCUT2D eigenvalue weighted by Crippen LogP contribution is -2.51. The molecule has 2 amide bonds. The zero-order valence-corrected chi connectivity index (χ0v) is 9.83. The summed E-state index contributed by atoms with van der Waals surface area (Å²) in [6, 6.07) is -1.11. The molecular formula is C10H21N3O2. The zero-order chi connectivity index (χ0) is 12.0. The summed E-state index contributed by atoms with van der Waals surface area (Å²) in [5.41, 5.74) is 5.64. The van der Waals surface area contributed by atoms with Crippen molar-refractivity contribution in [3.63, 3.8) is 0 Å². The van der Waals surface area contributed by atoms with Crippen molar-refractivity contribution in [1.82, 2.24) is 10.6 Å². The van der Waals surface area contributed by atoms with Crippen LogP contribution in [0.3, 0.4) is 0 Å². The van der Waals surface area contributed by atoms with Crippen LogP contribution in [0, 0.1) is 5.92 Å². The SMILES string of the molecule is CCNC(=O)C(C)NC(=O)[C@H](N)C(C)C. The van der Waals surface area contributed by atoms with Gasteiger partial charge >= 0.3 is 0 Å². The molecule has 0 heterocycles. The van der Waals surface area contributed by atoms with Crippen molar-refractivity contribution in [2.45, 2.75) is 39.8 Å². The molecule has 0 bridgehead atoms. The topological polar surface area (TPSA) is 84.2 Å². The van der Waals surface area contributed by atoms with Crippen molar-refractivity contribution in [2.24, 2.45) is 11.7 Å². The van der Waals surface area contributed by atoms with Crippen molar-refractivity contribution in [1.29, 1.82) is 0 Å². The summed E-state index contributed by atoms with van der Waals surface area (Å²) in [6.07, 6.45) is 0. The van der Waals surface area contributed by atoms with Crippen molar-refractivity contribution >= 4 is 11.8 Å². The molecule has 0 saturated carbocycles. The Balaban J connectivity index is 4.12. The fraction of sp³-hybridized carbons (Fsp3) is 0.800. The van der Waals surface area contributed by atoms with Gasteiger partial charge < -0.3 is 16.4 Å². The zero-order valence-electron chi connectivity index (χ0n) is 9.83. The highest BCUT2D eigenvalue weighted by Gasteiger charge is 2.21. The second kappa shape index (κ2) is 6.40. The maximum Gasteiger partial charge on any atom is 0.242 e. The van der Waals surface area contributed by atoms with E-state index in [2.05, 4.69) is 10.6 Å². The molecule has 0 aliphatic rings. The molecule has 15 heavy (non-hydrogen) atoms. The molecule has 0 saturated heterocycles. The highest BCUT2D eigenvalue weighted by Crippen LogP contribution is 1.98. The smallest absolute Gasteiger partial charge is 0.242 e. The summed E-state index contributed by atoms with van der Waals surface area (Å²) < 4.78 is 0. The first-order chi connectivity index (χ1) is 6.90. The summed E-state index contributed by atoms with van der Waals surface area (Å²) in [5.74, 6) is -0.419. The van der Waals surface area contributed by atoms with E-state index in [-0.39, 0.29) is 17.7 Å². The fourth-order valence-corrected chi connectivity index (χ4v) is 1.01. The molecular weight excluding hydrogens is 194 g/mol. The first-order valence-corrected chi connectivity index (χ1v) is 5.23. The van der Waals surface area contributed by atoms with E-state index in [0.29, 0.717) is 6.54 Å². The standard InChI is InChI=1S/C10H21N3O2/c1-5-12-9(14)7(4)13-10(15)8(11)6(2)3/h6-8H,5,11H2,1-4H3,(H,12,14)(H,13,15)/t7?,8-/m1/s1. The minimum absolute atomic E-state index is 0.0615. The Kier molecular flexibility index (Phi) is 5.93. The largest absolute Gasteiger partial charge is 0.355 e. The molecule has 0 spiro atoms. The van der Waals surface area contributed by atoms with Crippen molar-refractivity contribution in [2.75, 3.05) is 6.54 Å². The molecule has 4 N–H and O–H groups in total. The van der Waals surface area contributed by atoms with E-state index in [1.54, 1.807) is 6.92 Å². The van der Waals surface area contributed by atoms with Gasteiger partial charge in [-0.05, 0) is 19.8 Å². The van der Waals surface area contributed by atoms with E-state index in [0.717, 1.165) is 0 Å². The molecule has 0 aromatic heterocycles. The van der Waals surface area contributed by atoms with Crippen LogP contribution in [0.15, 0.2) is 0 Å². The molecule has 0 radical (unpaired) electrons. The van der Waals surface area contributed by atoms with Gasteiger partial charge in [-0.15, -0.1) is 0 Å². The van der Waals surface area contributed by atoms with Gasteiger partial charge in [-0.3, -0.25) is 9.59 Å². The predicted octanol–water partition coefficient (Wildman–Crippen LogP) is -0.389. The number of carbonyl (C=O) groups excluding carboxylic acids is 2. The summed E-state index contributed by atoms with van der Waals surface area (Å²) in [5, 5.41) is 5.19. The van der Waals surface area contributed by atoms with Gasteiger partial charge in [0, 0.05) is 6.54 Å². The molecule has 1 unspecified atom stereocenters. The van der Waals surface area contributed by atoms with Crippen LogP contribution in [-0.4, -0.2) is 30.4 Å². The lowest BCUT2D eigenvalue weighted by molar-refractivity contribution is -0.129. The van der Waals surface area contributed by atoms with Crippen LogP contribution < -0.4 is 16.4 Å². The maximum atomic E-state index is 11.5. The Morgan fingerprint density at radius 1 is 1.20 bits per heavy atom. The van der Waals surface area contributed by atoms with Gasteiger partial charge in [-0.2, -0.15) is 0 Å². The molecule has 0 aliphatic carbocycles. The monoisotopic (exact) mass is 215 g/mol. The number of likely N-dealkylation sites (N-methyl/N-ethyl adjacent to an activating group) is 1. The molecule has 5 heteroatoms. The molecule has 0 rings (SSSR count). The Morgan fingerprint density at radius 3 is 2.13 bits per heavy atom. The van der Waals surface area contributed by atoms with Crippen LogP contribution >= 0.6 is 0 Å². The number of hydrogen-bond acceptors (Lipinski definition) is 3. The molecule has 0 fully saturated rings.